The summed E-state index contributed by atoms with van der Waals surface area (Å²) in [5.41, 5.74) is 1.19. The first kappa shape index (κ1) is 19.5. The molecule has 1 atom stereocenters. The number of H-pyrrole nitrogens is 1. The molecule has 0 fully saturated rings. The van der Waals surface area contributed by atoms with E-state index in [2.05, 4.69) is 9.88 Å². The van der Waals surface area contributed by atoms with Crippen molar-refractivity contribution in [3.63, 3.8) is 0 Å². The molecule has 2 aromatic heterocycles. The monoisotopic (exact) mass is 379 g/mol. The van der Waals surface area contributed by atoms with Crippen molar-refractivity contribution in [2.75, 3.05) is 19.7 Å². The van der Waals surface area contributed by atoms with Crippen LogP contribution in [0.5, 0.6) is 0 Å². The molecule has 144 valence electrons. The second kappa shape index (κ2) is 8.61. The highest BCUT2D eigenvalue weighted by Gasteiger charge is 2.20. The number of aryl methyl sites for hydroxylation is 2. The van der Waals surface area contributed by atoms with Gasteiger partial charge >= 0.3 is 0 Å². The number of hydrogen-bond acceptors (Lipinski definition) is 6. The molecule has 2 aromatic rings. The molecule has 6 nitrogen and oxygen atoms in total. The van der Waals surface area contributed by atoms with E-state index in [0.29, 0.717) is 25.5 Å². The zero-order chi connectivity index (χ0) is 18.7. The molecule has 1 aliphatic carbocycles. The largest absolute Gasteiger partial charge is 0.389 e. The van der Waals surface area contributed by atoms with Crippen LogP contribution in [-0.4, -0.2) is 51.9 Å². The minimum absolute atomic E-state index is 0.0239. The van der Waals surface area contributed by atoms with Gasteiger partial charge in [-0.25, -0.2) is 4.98 Å². The van der Waals surface area contributed by atoms with E-state index in [-0.39, 0.29) is 11.7 Å². The van der Waals surface area contributed by atoms with Crippen molar-refractivity contribution in [3.8, 4) is 0 Å². The van der Waals surface area contributed by atoms with Crippen LogP contribution in [0.3, 0.4) is 0 Å². The number of hydrogen-bond donors (Lipinski definition) is 2. The molecular formula is C19H29N3O3S. The van der Waals surface area contributed by atoms with E-state index >= 15 is 0 Å². The Bertz CT molecular complexity index is 799. The van der Waals surface area contributed by atoms with Crippen molar-refractivity contribution < 1.29 is 9.84 Å². The van der Waals surface area contributed by atoms with E-state index in [0.717, 1.165) is 36.0 Å². The molecule has 0 saturated heterocycles. The maximum Gasteiger partial charge on any atom is 0.259 e. The van der Waals surface area contributed by atoms with Gasteiger partial charge in [-0.15, -0.1) is 11.3 Å². The van der Waals surface area contributed by atoms with Crippen molar-refractivity contribution in [2.24, 2.45) is 0 Å². The molecule has 26 heavy (non-hydrogen) atoms. The Morgan fingerprint density at radius 2 is 2.12 bits per heavy atom. The number of likely N-dealkylation sites (N-methyl/N-ethyl adjacent to an activating group) is 1. The molecule has 3 rings (SSSR count). The first-order valence-electron chi connectivity index (χ1n) is 9.53. The maximum atomic E-state index is 12.6. The van der Waals surface area contributed by atoms with E-state index in [9.17, 15) is 9.90 Å². The Balaban J connectivity index is 1.74. The van der Waals surface area contributed by atoms with Gasteiger partial charge in [0.2, 0.25) is 0 Å². The van der Waals surface area contributed by atoms with E-state index in [4.69, 9.17) is 9.72 Å². The molecule has 0 saturated carbocycles. The lowest BCUT2D eigenvalue weighted by atomic mass is 9.97. The summed E-state index contributed by atoms with van der Waals surface area (Å²) in [4.78, 5) is 24.6. The van der Waals surface area contributed by atoms with Crippen molar-refractivity contribution in [1.29, 1.82) is 0 Å². The summed E-state index contributed by atoms with van der Waals surface area (Å²) in [6, 6.07) is 0. The molecule has 2 heterocycles. The van der Waals surface area contributed by atoms with Crippen LogP contribution in [-0.2, 0) is 24.1 Å². The van der Waals surface area contributed by atoms with Gasteiger partial charge in [0, 0.05) is 11.4 Å². The number of aromatic amines is 1. The fraction of sp³-hybridized carbons (Fsp3) is 0.684. The molecule has 0 radical (unpaired) electrons. The number of aliphatic hydroxyl groups is 1. The second-order valence-corrected chi connectivity index (χ2v) is 8.35. The summed E-state index contributed by atoms with van der Waals surface area (Å²) in [7, 11) is 0. The van der Waals surface area contributed by atoms with Crippen molar-refractivity contribution in [1.82, 2.24) is 14.9 Å². The molecule has 7 heteroatoms. The van der Waals surface area contributed by atoms with E-state index in [1.165, 1.54) is 16.9 Å². The molecule has 1 unspecified atom stereocenters. The lowest BCUT2D eigenvalue weighted by Crippen LogP contribution is -2.35. The highest BCUT2D eigenvalue weighted by Crippen LogP contribution is 2.33. The quantitative estimate of drug-likeness (QED) is 0.737. The topological polar surface area (TPSA) is 78.5 Å². The third kappa shape index (κ3) is 4.52. The lowest BCUT2D eigenvalue weighted by molar-refractivity contribution is -0.00912. The molecule has 0 amide bonds. The number of ether oxygens (including phenoxy) is 1. The van der Waals surface area contributed by atoms with Crippen molar-refractivity contribution in [2.45, 2.75) is 65.2 Å². The van der Waals surface area contributed by atoms with Crippen molar-refractivity contribution >= 4 is 21.6 Å². The van der Waals surface area contributed by atoms with Gasteiger partial charge in [0.25, 0.3) is 5.56 Å². The number of nitrogens with one attached hydrogen (secondary N) is 1. The number of fused-ring (bicyclic) bond motifs is 3. The van der Waals surface area contributed by atoms with E-state index in [1.54, 1.807) is 11.3 Å². The van der Waals surface area contributed by atoms with Gasteiger partial charge in [0.05, 0.1) is 30.7 Å². The Labute approximate surface area is 158 Å². The summed E-state index contributed by atoms with van der Waals surface area (Å²) in [5, 5.41) is 11.0. The minimum Gasteiger partial charge on any atom is -0.389 e. The van der Waals surface area contributed by atoms with Gasteiger partial charge < -0.3 is 14.8 Å². The highest BCUT2D eigenvalue weighted by atomic mass is 32.1. The van der Waals surface area contributed by atoms with Crippen LogP contribution in [0.15, 0.2) is 4.79 Å². The van der Waals surface area contributed by atoms with Gasteiger partial charge in [-0.1, -0.05) is 6.92 Å². The zero-order valence-electron chi connectivity index (χ0n) is 15.9. The number of nitrogens with zero attached hydrogens (tertiary/aromatic N) is 2. The number of thiophene rings is 1. The van der Waals surface area contributed by atoms with Gasteiger partial charge in [0.15, 0.2) is 0 Å². The molecular weight excluding hydrogens is 350 g/mol. The summed E-state index contributed by atoms with van der Waals surface area (Å²) in [6.07, 6.45) is 3.95. The summed E-state index contributed by atoms with van der Waals surface area (Å²) in [6.45, 7) is 8.03. The van der Waals surface area contributed by atoms with Crippen LogP contribution in [0, 0.1) is 0 Å². The average molecular weight is 380 g/mol. The van der Waals surface area contributed by atoms with Gasteiger partial charge in [0.1, 0.15) is 10.7 Å². The van der Waals surface area contributed by atoms with Crippen LogP contribution < -0.4 is 5.56 Å². The van der Waals surface area contributed by atoms with Gasteiger partial charge in [-0.2, -0.15) is 0 Å². The fourth-order valence-electron chi connectivity index (χ4n) is 3.45. The number of aliphatic hydroxyl groups excluding tert-OH is 1. The number of rotatable bonds is 8. The van der Waals surface area contributed by atoms with Gasteiger partial charge in [-0.3, -0.25) is 9.69 Å². The molecule has 0 aliphatic heterocycles. The first-order valence-corrected chi connectivity index (χ1v) is 10.3. The third-order valence-electron chi connectivity index (χ3n) is 4.79. The summed E-state index contributed by atoms with van der Waals surface area (Å²) < 4.78 is 5.47. The van der Waals surface area contributed by atoms with Gasteiger partial charge in [-0.05, 0) is 51.6 Å². The van der Waals surface area contributed by atoms with Crippen LogP contribution in [0.1, 0.15) is 49.9 Å². The van der Waals surface area contributed by atoms with Crippen LogP contribution in [0.4, 0.5) is 0 Å². The molecule has 1 aliphatic rings. The number of aromatic nitrogens is 2. The molecule has 0 bridgehead atoms. The highest BCUT2D eigenvalue weighted by molar-refractivity contribution is 7.18. The summed E-state index contributed by atoms with van der Waals surface area (Å²) >= 11 is 1.67. The fourth-order valence-corrected chi connectivity index (χ4v) is 4.74. The molecule has 0 spiro atoms. The summed E-state index contributed by atoms with van der Waals surface area (Å²) in [5.74, 6) is 0.667. The Kier molecular flexibility index (Phi) is 6.45. The van der Waals surface area contributed by atoms with Crippen LogP contribution in [0.25, 0.3) is 10.2 Å². The average Bonchev–Trinajstić information content (AvgIpc) is 2.98. The predicted molar refractivity (Wildman–Crippen MR) is 105 cm³/mol. The Hall–Kier alpha value is -1.28. The lowest BCUT2D eigenvalue weighted by Gasteiger charge is -2.23. The molecule has 0 aromatic carbocycles. The first-order chi connectivity index (χ1) is 12.5. The Morgan fingerprint density at radius 1 is 1.35 bits per heavy atom. The van der Waals surface area contributed by atoms with Crippen molar-refractivity contribution in [3.05, 3.63) is 26.6 Å². The zero-order valence-corrected chi connectivity index (χ0v) is 16.7. The van der Waals surface area contributed by atoms with E-state index in [1.807, 2.05) is 20.8 Å². The smallest absolute Gasteiger partial charge is 0.259 e. The second-order valence-electron chi connectivity index (χ2n) is 7.27. The molecule has 2 N–H and O–H groups in total. The normalized spacial score (nSPS) is 15.8. The predicted octanol–water partition coefficient (Wildman–Crippen LogP) is 2.47. The van der Waals surface area contributed by atoms with Crippen LogP contribution in [0.2, 0.25) is 0 Å². The maximum absolute atomic E-state index is 12.6. The minimum atomic E-state index is -0.554. The standard InChI is InChI=1S/C19H29N3O3S/c1-4-22(9-13(23)11-25-12(2)3)10-16-20-18(24)17-14-7-5-6-8-15(14)26-19(17)21-16/h12-13,23H,4-11H2,1-3H3,(H,20,21,24). The SMILES string of the molecule is CCN(Cc1nc2sc3c(c2c(=O)[nH]1)CCCC3)CC(O)COC(C)C. The van der Waals surface area contributed by atoms with Crippen LogP contribution >= 0.6 is 11.3 Å². The van der Waals surface area contributed by atoms with E-state index < -0.39 is 6.10 Å². The Morgan fingerprint density at radius 3 is 2.85 bits per heavy atom. The third-order valence-corrected chi connectivity index (χ3v) is 5.97.